The van der Waals surface area contributed by atoms with Crippen LogP contribution in [0.4, 0.5) is 19.9 Å². The number of sulfonamides is 1. The van der Waals surface area contributed by atoms with Crippen molar-refractivity contribution in [1.82, 2.24) is 4.98 Å². The summed E-state index contributed by atoms with van der Waals surface area (Å²) in [5, 5.41) is 10.5. The maximum Gasteiger partial charge on any atom is 0.357 e. The zero-order valence-electron chi connectivity index (χ0n) is 14.5. The predicted octanol–water partition coefficient (Wildman–Crippen LogP) is 1.32. The molecule has 156 valence electrons. The van der Waals surface area contributed by atoms with Crippen molar-refractivity contribution in [3.63, 3.8) is 0 Å². The van der Waals surface area contributed by atoms with E-state index in [2.05, 4.69) is 20.0 Å². The molecule has 1 heterocycles. The molecule has 0 saturated carbocycles. The van der Waals surface area contributed by atoms with Gasteiger partial charge in [0.1, 0.15) is 10.8 Å². The van der Waals surface area contributed by atoms with Gasteiger partial charge in [0.05, 0.1) is 22.6 Å². The second-order valence-corrected chi connectivity index (χ2v) is 8.75. The largest absolute Gasteiger partial charge is 0.476 e. The zero-order valence-corrected chi connectivity index (χ0v) is 16.9. The Labute approximate surface area is 172 Å². The number of carboxylic acid groups (broad SMARTS) is 1. The number of halogens is 1. The van der Waals surface area contributed by atoms with Crippen molar-refractivity contribution >= 4 is 61.0 Å². The molecule has 0 aliphatic heterocycles. The van der Waals surface area contributed by atoms with Crippen LogP contribution in [0.15, 0.2) is 33.6 Å². The number of nitrogens with one attached hydrogen (secondary N) is 2. The Bertz CT molecular complexity index is 1050. The van der Waals surface area contributed by atoms with Gasteiger partial charge in [-0.25, -0.2) is 22.6 Å². The number of thioether (sulfide) groups is 1. The van der Waals surface area contributed by atoms with Gasteiger partial charge in [0, 0.05) is 5.75 Å². The van der Waals surface area contributed by atoms with Gasteiger partial charge in [0.25, 0.3) is 15.3 Å². The molecule has 15 heteroatoms. The molecule has 0 radical (unpaired) electrons. The third-order valence-electron chi connectivity index (χ3n) is 3.10. The number of carboxylic acids is 1. The first-order chi connectivity index (χ1) is 13.6. The number of carbonyl (C=O) groups is 2. The van der Waals surface area contributed by atoms with Crippen LogP contribution < -0.4 is 21.5 Å². The van der Waals surface area contributed by atoms with Gasteiger partial charge in [-0.2, -0.15) is 0 Å². The smallest absolute Gasteiger partial charge is 0.357 e. The van der Waals surface area contributed by atoms with Gasteiger partial charge in [-0.15, -0.1) is 11.3 Å². The van der Waals surface area contributed by atoms with E-state index in [1.54, 1.807) is 0 Å². The van der Waals surface area contributed by atoms with Gasteiger partial charge in [0.15, 0.2) is 11.7 Å². The Balaban J connectivity index is 2.08. The average Bonchev–Trinajstić information content (AvgIpc) is 3.08. The van der Waals surface area contributed by atoms with Crippen LogP contribution in [0, 0.1) is 5.82 Å². The van der Waals surface area contributed by atoms with Crippen LogP contribution >= 0.6 is 23.1 Å². The summed E-state index contributed by atoms with van der Waals surface area (Å²) in [5.74, 6) is -2.27. The van der Waals surface area contributed by atoms with E-state index in [0.717, 1.165) is 40.7 Å². The molecule has 0 aliphatic carbocycles. The van der Waals surface area contributed by atoms with E-state index in [0.29, 0.717) is 6.07 Å². The Morgan fingerprint density at radius 3 is 2.69 bits per heavy atom. The maximum atomic E-state index is 14.2. The molecule has 1 amide bonds. The quantitative estimate of drug-likeness (QED) is 0.219. The average molecular weight is 463 g/mol. The third kappa shape index (κ3) is 6.30. The number of anilines is 2. The van der Waals surface area contributed by atoms with Crippen LogP contribution in [0.2, 0.25) is 0 Å². The van der Waals surface area contributed by atoms with Crippen molar-refractivity contribution in [3.05, 3.63) is 35.2 Å². The Kier molecular flexibility index (Phi) is 7.35. The van der Waals surface area contributed by atoms with Crippen molar-refractivity contribution < 1.29 is 27.5 Å². The zero-order chi connectivity index (χ0) is 21.6. The van der Waals surface area contributed by atoms with E-state index in [1.165, 1.54) is 0 Å². The lowest BCUT2D eigenvalue weighted by atomic mass is 10.3. The van der Waals surface area contributed by atoms with Crippen LogP contribution in [0.3, 0.4) is 0 Å². The number of thiazole rings is 1. The van der Waals surface area contributed by atoms with Crippen molar-refractivity contribution in [2.45, 2.75) is 4.90 Å². The summed E-state index contributed by atoms with van der Waals surface area (Å²) in [6.45, 7) is 0.196. The van der Waals surface area contributed by atoms with Crippen molar-refractivity contribution in [2.24, 2.45) is 16.5 Å². The van der Waals surface area contributed by atoms with E-state index in [9.17, 15) is 22.4 Å². The molecule has 0 bridgehead atoms. The highest BCUT2D eigenvalue weighted by atomic mass is 32.2. The Morgan fingerprint density at radius 2 is 2.07 bits per heavy atom. The monoisotopic (exact) mass is 462 g/mol. The SMILES string of the molecule is NC(N)=NCCSC(=O)Nc1ccc(S(=O)(=O)Nc2scnc2C(=O)O)cc1F. The summed E-state index contributed by atoms with van der Waals surface area (Å²) in [6.07, 6.45) is 0. The molecular formula is C14H15FN6O5S3. The predicted molar refractivity (Wildman–Crippen MR) is 108 cm³/mol. The summed E-state index contributed by atoms with van der Waals surface area (Å²) < 4.78 is 41.0. The van der Waals surface area contributed by atoms with E-state index >= 15 is 0 Å². The topological polar surface area (TPSA) is 190 Å². The van der Waals surface area contributed by atoms with Gasteiger partial charge in [0.2, 0.25) is 0 Å². The minimum absolute atomic E-state index is 0.115. The number of amides is 1. The van der Waals surface area contributed by atoms with E-state index < -0.39 is 37.6 Å². The summed E-state index contributed by atoms with van der Waals surface area (Å²) in [4.78, 5) is 29.6. The fraction of sp³-hybridized carbons (Fsp3) is 0.143. The standard InChI is InChI=1S/C14H15FN6O5S3/c15-8-5-7(29(25,26)21-11-10(12(22)23)19-6-28-11)1-2-9(8)20-14(24)27-4-3-18-13(16)17/h1-2,5-6,21H,3-4H2,(H,20,24)(H,22,23)(H4,16,17,18). The third-order valence-corrected chi connectivity index (χ3v) is 6.07. The van der Waals surface area contributed by atoms with Gasteiger partial charge < -0.3 is 21.9 Å². The van der Waals surface area contributed by atoms with Crippen LogP contribution in [-0.2, 0) is 10.0 Å². The van der Waals surface area contributed by atoms with Gasteiger partial charge in [-0.05, 0) is 18.2 Å². The Hall–Kier alpha value is -2.91. The maximum absolute atomic E-state index is 14.2. The molecule has 1 aromatic carbocycles. The van der Waals surface area contributed by atoms with Gasteiger partial charge in [-0.3, -0.25) is 14.5 Å². The summed E-state index contributed by atoms with van der Waals surface area (Å²) in [7, 11) is -4.27. The fourth-order valence-electron chi connectivity index (χ4n) is 1.88. The van der Waals surface area contributed by atoms with Crippen LogP contribution in [0.25, 0.3) is 0 Å². The highest BCUT2D eigenvalue weighted by Gasteiger charge is 2.22. The fourth-order valence-corrected chi connectivity index (χ4v) is 4.43. The first-order valence-corrected chi connectivity index (χ1v) is 10.9. The molecule has 29 heavy (non-hydrogen) atoms. The molecule has 7 N–H and O–H groups in total. The molecule has 0 unspecified atom stereocenters. The molecule has 0 spiro atoms. The summed E-state index contributed by atoms with van der Waals surface area (Å²) in [6, 6.07) is 2.83. The summed E-state index contributed by atoms with van der Waals surface area (Å²) >= 11 is 1.58. The van der Waals surface area contributed by atoms with Crippen molar-refractivity contribution in [3.8, 4) is 0 Å². The number of hydrogen-bond acceptors (Lipinski definition) is 8. The first kappa shape index (κ1) is 22.4. The van der Waals surface area contributed by atoms with Crippen LogP contribution in [0.1, 0.15) is 10.5 Å². The lowest BCUT2D eigenvalue weighted by molar-refractivity contribution is 0.0692. The number of aromatic carboxylic acids is 1. The van der Waals surface area contributed by atoms with Crippen LogP contribution in [-0.4, -0.2) is 48.0 Å². The van der Waals surface area contributed by atoms with E-state index in [1.807, 2.05) is 0 Å². The molecular weight excluding hydrogens is 447 g/mol. The number of carbonyl (C=O) groups excluding carboxylic acids is 1. The number of guanidine groups is 1. The second-order valence-electron chi connectivity index (χ2n) is 5.15. The number of aromatic nitrogens is 1. The Morgan fingerprint density at radius 1 is 1.34 bits per heavy atom. The van der Waals surface area contributed by atoms with E-state index in [4.69, 9.17) is 16.6 Å². The molecule has 11 nitrogen and oxygen atoms in total. The van der Waals surface area contributed by atoms with Crippen LogP contribution in [0.5, 0.6) is 0 Å². The summed E-state index contributed by atoms with van der Waals surface area (Å²) in [5.41, 5.74) is 10.8. The van der Waals surface area contributed by atoms with Crippen molar-refractivity contribution in [1.29, 1.82) is 0 Å². The number of benzene rings is 1. The lowest BCUT2D eigenvalue weighted by Crippen LogP contribution is -2.23. The minimum Gasteiger partial charge on any atom is -0.476 e. The number of hydrogen-bond donors (Lipinski definition) is 5. The number of nitrogens with two attached hydrogens (primary N) is 2. The molecule has 2 rings (SSSR count). The molecule has 0 atom stereocenters. The van der Waals surface area contributed by atoms with Gasteiger partial charge in [-0.1, -0.05) is 11.8 Å². The molecule has 1 aromatic heterocycles. The number of nitrogens with zero attached hydrogens (tertiary/aromatic N) is 2. The lowest BCUT2D eigenvalue weighted by Gasteiger charge is -2.09. The molecule has 2 aromatic rings. The molecule has 0 fully saturated rings. The highest BCUT2D eigenvalue weighted by molar-refractivity contribution is 8.13. The second kappa shape index (κ2) is 9.53. The highest BCUT2D eigenvalue weighted by Crippen LogP contribution is 2.26. The van der Waals surface area contributed by atoms with Gasteiger partial charge >= 0.3 is 5.97 Å². The van der Waals surface area contributed by atoms with E-state index in [-0.39, 0.29) is 28.9 Å². The molecule has 0 aliphatic rings. The normalized spacial score (nSPS) is 10.9. The minimum atomic E-state index is -4.27. The number of rotatable bonds is 8. The number of aliphatic imine (C=N–C) groups is 1. The molecule has 0 saturated heterocycles. The van der Waals surface area contributed by atoms with Crippen molar-refractivity contribution in [2.75, 3.05) is 22.3 Å². The first-order valence-electron chi connectivity index (χ1n) is 7.58.